The van der Waals surface area contributed by atoms with Crippen LogP contribution in [0.25, 0.3) is 11.0 Å². The summed E-state index contributed by atoms with van der Waals surface area (Å²) in [6.45, 7) is 6.25. The van der Waals surface area contributed by atoms with E-state index in [1.54, 1.807) is 7.11 Å². The molecule has 3 heterocycles. The lowest BCUT2D eigenvalue weighted by molar-refractivity contribution is -0.127. The monoisotopic (exact) mass is 399 g/mol. The number of nitrogens with zero attached hydrogens (tertiary/aromatic N) is 3. The predicted molar refractivity (Wildman–Crippen MR) is 114 cm³/mol. The number of rotatable bonds is 7. The number of H-pyrrole nitrogens is 1. The highest BCUT2D eigenvalue weighted by atomic mass is 16.5. The molecular weight excluding hydrogens is 366 g/mol. The van der Waals surface area contributed by atoms with Crippen molar-refractivity contribution >= 4 is 16.9 Å². The number of imidazole rings is 1. The maximum atomic E-state index is 12.4. The third-order valence-electron chi connectivity index (χ3n) is 6.31. The van der Waals surface area contributed by atoms with E-state index in [0.717, 1.165) is 75.3 Å². The smallest absolute Gasteiger partial charge is 0.224 e. The number of hydrogen-bond acceptors (Lipinski definition) is 5. The number of carbonyl (C=O) groups is 1. The van der Waals surface area contributed by atoms with Gasteiger partial charge >= 0.3 is 0 Å². The third-order valence-corrected chi connectivity index (χ3v) is 6.31. The normalized spacial score (nSPS) is 22.2. The summed E-state index contributed by atoms with van der Waals surface area (Å²) in [6.07, 6.45) is 4.44. The van der Waals surface area contributed by atoms with E-state index < -0.39 is 0 Å². The first-order valence-corrected chi connectivity index (χ1v) is 10.9. The lowest BCUT2D eigenvalue weighted by atomic mass is 9.93. The molecule has 7 nitrogen and oxygen atoms in total. The molecule has 158 valence electrons. The summed E-state index contributed by atoms with van der Waals surface area (Å²) in [5.41, 5.74) is 2.15. The Kier molecular flexibility index (Phi) is 6.79. The number of hydrogen-bond donors (Lipinski definition) is 2. The van der Waals surface area contributed by atoms with Crippen LogP contribution in [0.2, 0.25) is 0 Å². The van der Waals surface area contributed by atoms with E-state index in [2.05, 4.69) is 32.2 Å². The Balaban J connectivity index is 1.25. The molecule has 2 saturated heterocycles. The minimum atomic E-state index is 0.120. The molecule has 0 saturated carbocycles. The van der Waals surface area contributed by atoms with E-state index in [1.165, 1.54) is 0 Å². The SMILES string of the molecule is COCCNC(=O)[C@@H]1CCCN(C2CCN(Cc3nc4ccccc4[nH]3)CC2)C1. The van der Waals surface area contributed by atoms with E-state index in [1.807, 2.05) is 12.1 Å². The quantitative estimate of drug-likeness (QED) is 0.697. The Morgan fingerprint density at radius 2 is 2.07 bits per heavy atom. The van der Waals surface area contributed by atoms with Gasteiger partial charge in [0.2, 0.25) is 5.91 Å². The van der Waals surface area contributed by atoms with Gasteiger partial charge in [-0.15, -0.1) is 0 Å². The van der Waals surface area contributed by atoms with Gasteiger partial charge in [0.25, 0.3) is 0 Å². The molecule has 2 aliphatic heterocycles. The molecule has 2 N–H and O–H groups in total. The lowest BCUT2D eigenvalue weighted by Crippen LogP contribution is -2.50. The summed E-state index contributed by atoms with van der Waals surface area (Å²) in [6, 6.07) is 8.80. The molecular formula is C22H33N5O2. The van der Waals surface area contributed by atoms with Crippen LogP contribution in [0.3, 0.4) is 0 Å². The molecule has 29 heavy (non-hydrogen) atoms. The zero-order valence-corrected chi connectivity index (χ0v) is 17.4. The number of fused-ring (bicyclic) bond motifs is 1. The van der Waals surface area contributed by atoms with E-state index in [-0.39, 0.29) is 11.8 Å². The molecule has 1 aromatic heterocycles. The van der Waals surface area contributed by atoms with Crippen LogP contribution in [-0.4, -0.2) is 78.2 Å². The highest BCUT2D eigenvalue weighted by Crippen LogP contribution is 2.24. The second-order valence-corrected chi connectivity index (χ2v) is 8.33. The van der Waals surface area contributed by atoms with Crippen molar-refractivity contribution in [3.63, 3.8) is 0 Å². The lowest BCUT2D eigenvalue weighted by Gasteiger charge is -2.41. The van der Waals surface area contributed by atoms with Crippen molar-refractivity contribution in [2.45, 2.75) is 38.3 Å². The molecule has 2 aliphatic rings. The number of aromatic amines is 1. The number of likely N-dealkylation sites (tertiary alicyclic amines) is 2. The summed E-state index contributed by atoms with van der Waals surface area (Å²) in [5.74, 6) is 1.36. The number of ether oxygens (including phenoxy) is 1. The molecule has 1 atom stereocenters. The first-order valence-electron chi connectivity index (χ1n) is 10.9. The average molecular weight is 400 g/mol. The maximum absolute atomic E-state index is 12.4. The summed E-state index contributed by atoms with van der Waals surface area (Å²) >= 11 is 0. The second kappa shape index (κ2) is 9.69. The Morgan fingerprint density at radius 1 is 1.24 bits per heavy atom. The number of para-hydroxylation sites is 2. The summed E-state index contributed by atoms with van der Waals surface area (Å²) in [4.78, 5) is 25.6. The van der Waals surface area contributed by atoms with Crippen molar-refractivity contribution in [1.29, 1.82) is 0 Å². The van der Waals surface area contributed by atoms with Crippen LogP contribution in [0.1, 0.15) is 31.5 Å². The molecule has 1 aromatic carbocycles. The molecule has 0 aliphatic carbocycles. The number of carbonyl (C=O) groups excluding carboxylic acids is 1. The van der Waals surface area contributed by atoms with Gasteiger partial charge in [-0.3, -0.25) is 14.6 Å². The standard InChI is InChI=1S/C22H33N5O2/c1-29-14-10-23-22(28)17-5-4-11-27(15-17)18-8-12-26(13-9-18)16-21-24-19-6-2-3-7-20(19)25-21/h2-3,6-7,17-18H,4-5,8-16H2,1H3,(H,23,28)(H,24,25)/t17-/m1/s1. The van der Waals surface area contributed by atoms with E-state index in [0.29, 0.717) is 19.2 Å². The van der Waals surface area contributed by atoms with Crippen LogP contribution >= 0.6 is 0 Å². The Bertz CT molecular complexity index is 766. The number of aromatic nitrogens is 2. The van der Waals surface area contributed by atoms with Gasteiger partial charge in [0, 0.05) is 39.3 Å². The fourth-order valence-corrected chi connectivity index (χ4v) is 4.71. The molecule has 0 bridgehead atoms. The van der Waals surface area contributed by atoms with Crippen molar-refractivity contribution < 1.29 is 9.53 Å². The molecule has 2 fully saturated rings. The molecule has 0 unspecified atom stereocenters. The zero-order valence-electron chi connectivity index (χ0n) is 17.4. The molecule has 1 amide bonds. The summed E-state index contributed by atoms with van der Waals surface area (Å²) in [5, 5.41) is 3.01. The van der Waals surface area contributed by atoms with Crippen LogP contribution in [0, 0.1) is 5.92 Å². The predicted octanol–water partition coefficient (Wildman–Crippen LogP) is 2.00. The van der Waals surface area contributed by atoms with Crippen LogP contribution < -0.4 is 5.32 Å². The summed E-state index contributed by atoms with van der Waals surface area (Å²) in [7, 11) is 1.66. The van der Waals surface area contributed by atoms with E-state index in [9.17, 15) is 4.79 Å². The molecule has 2 aromatic rings. The van der Waals surface area contributed by atoms with E-state index >= 15 is 0 Å². The minimum absolute atomic E-state index is 0.120. The van der Waals surface area contributed by atoms with Crippen molar-refractivity contribution in [3.8, 4) is 0 Å². The van der Waals surface area contributed by atoms with Gasteiger partial charge in [0.1, 0.15) is 5.82 Å². The largest absolute Gasteiger partial charge is 0.383 e. The number of methoxy groups -OCH3 is 1. The van der Waals surface area contributed by atoms with Gasteiger partial charge in [0.05, 0.1) is 30.1 Å². The highest BCUT2D eigenvalue weighted by molar-refractivity contribution is 5.79. The van der Waals surface area contributed by atoms with E-state index in [4.69, 9.17) is 9.72 Å². The number of benzene rings is 1. The number of nitrogens with one attached hydrogen (secondary N) is 2. The minimum Gasteiger partial charge on any atom is -0.383 e. The topological polar surface area (TPSA) is 73.5 Å². The zero-order chi connectivity index (χ0) is 20.1. The average Bonchev–Trinajstić information content (AvgIpc) is 3.17. The fourth-order valence-electron chi connectivity index (χ4n) is 4.71. The Hall–Kier alpha value is -1.96. The Morgan fingerprint density at radius 3 is 2.86 bits per heavy atom. The van der Waals surface area contributed by atoms with Crippen molar-refractivity contribution in [3.05, 3.63) is 30.1 Å². The van der Waals surface area contributed by atoms with Crippen LogP contribution in [-0.2, 0) is 16.1 Å². The van der Waals surface area contributed by atoms with Gasteiger partial charge in [-0.05, 0) is 44.4 Å². The highest BCUT2D eigenvalue weighted by Gasteiger charge is 2.31. The molecule has 4 rings (SSSR count). The third kappa shape index (κ3) is 5.15. The van der Waals surface area contributed by atoms with Crippen molar-refractivity contribution in [2.75, 3.05) is 46.4 Å². The number of amides is 1. The fraction of sp³-hybridized carbons (Fsp3) is 0.636. The van der Waals surface area contributed by atoms with Gasteiger partial charge in [-0.2, -0.15) is 0 Å². The molecule has 0 spiro atoms. The number of piperidine rings is 2. The molecule has 0 radical (unpaired) electrons. The first-order chi connectivity index (χ1) is 14.2. The van der Waals surface area contributed by atoms with Gasteiger partial charge in [0.15, 0.2) is 0 Å². The Labute approximate surface area is 172 Å². The van der Waals surface area contributed by atoms with Crippen molar-refractivity contribution in [1.82, 2.24) is 25.1 Å². The second-order valence-electron chi connectivity index (χ2n) is 8.33. The van der Waals surface area contributed by atoms with Gasteiger partial charge in [-0.25, -0.2) is 4.98 Å². The van der Waals surface area contributed by atoms with Crippen molar-refractivity contribution in [2.24, 2.45) is 5.92 Å². The first kappa shape index (κ1) is 20.3. The van der Waals surface area contributed by atoms with Crippen LogP contribution in [0.15, 0.2) is 24.3 Å². The summed E-state index contributed by atoms with van der Waals surface area (Å²) < 4.78 is 5.03. The van der Waals surface area contributed by atoms with Crippen LogP contribution in [0.5, 0.6) is 0 Å². The van der Waals surface area contributed by atoms with Gasteiger partial charge in [-0.1, -0.05) is 12.1 Å². The maximum Gasteiger partial charge on any atom is 0.224 e. The van der Waals surface area contributed by atoms with Crippen LogP contribution in [0.4, 0.5) is 0 Å². The van der Waals surface area contributed by atoms with Gasteiger partial charge < -0.3 is 15.0 Å². The molecule has 7 heteroatoms.